The summed E-state index contributed by atoms with van der Waals surface area (Å²) in [5.41, 5.74) is 5.52. The van der Waals surface area contributed by atoms with Crippen LogP contribution in [0.4, 0.5) is 0 Å². The smallest absolute Gasteiger partial charge is 0.0524 e. The van der Waals surface area contributed by atoms with Crippen molar-refractivity contribution in [1.82, 2.24) is 4.90 Å². The molecule has 2 atom stereocenters. The summed E-state index contributed by atoms with van der Waals surface area (Å²) in [5, 5.41) is 9.14. The van der Waals surface area contributed by atoms with Crippen molar-refractivity contribution < 1.29 is 5.11 Å². The van der Waals surface area contributed by atoms with Crippen molar-refractivity contribution in [2.45, 2.75) is 32.3 Å². The second-order valence-electron chi connectivity index (χ2n) is 4.17. The molecule has 0 bridgehead atoms. The van der Waals surface area contributed by atoms with E-state index in [1.54, 1.807) is 0 Å². The number of rotatable bonds is 5. The third kappa shape index (κ3) is 4.07. The summed E-state index contributed by atoms with van der Waals surface area (Å²) in [4.78, 5) is 2.44. The molecular formula is C10H22N2O. The van der Waals surface area contributed by atoms with Crippen LogP contribution < -0.4 is 5.73 Å². The van der Waals surface area contributed by atoms with Crippen LogP contribution in [0.2, 0.25) is 0 Å². The lowest BCUT2D eigenvalue weighted by Crippen LogP contribution is -2.24. The average Bonchev–Trinajstić information content (AvgIpc) is 2.50. The molecular weight excluding hydrogens is 164 g/mol. The summed E-state index contributed by atoms with van der Waals surface area (Å²) in [6.45, 7) is 6.09. The van der Waals surface area contributed by atoms with Crippen LogP contribution in [-0.2, 0) is 0 Å². The summed E-state index contributed by atoms with van der Waals surface area (Å²) in [6, 6.07) is 0. The Kier molecular flexibility index (Phi) is 4.70. The molecule has 3 N–H and O–H groups in total. The molecule has 0 amide bonds. The summed E-state index contributed by atoms with van der Waals surface area (Å²) < 4.78 is 0. The summed E-state index contributed by atoms with van der Waals surface area (Å²) in [6.07, 6.45) is 3.19. The Morgan fingerprint density at radius 3 is 3.00 bits per heavy atom. The van der Waals surface area contributed by atoms with Gasteiger partial charge in [0.1, 0.15) is 0 Å². The first-order chi connectivity index (χ1) is 6.22. The van der Waals surface area contributed by atoms with E-state index in [9.17, 15) is 0 Å². The highest BCUT2D eigenvalue weighted by Gasteiger charge is 2.21. The molecule has 0 aromatic heterocycles. The number of nitrogens with zero attached hydrogens (tertiary/aromatic N) is 1. The second kappa shape index (κ2) is 5.58. The zero-order valence-corrected chi connectivity index (χ0v) is 8.58. The number of nitrogens with two attached hydrogens (primary N) is 1. The Hall–Kier alpha value is -0.120. The second-order valence-corrected chi connectivity index (χ2v) is 4.17. The fourth-order valence-electron chi connectivity index (χ4n) is 1.96. The molecule has 0 spiro atoms. The standard InChI is InChI=1S/C10H22N2O/c1-9(13)3-6-12-7-4-10(8-12)2-5-11/h9-10,13H,2-8,11H2,1H3. The lowest BCUT2D eigenvalue weighted by atomic mass is 10.1. The minimum atomic E-state index is -0.159. The van der Waals surface area contributed by atoms with Crippen LogP contribution in [0.1, 0.15) is 26.2 Å². The quantitative estimate of drug-likeness (QED) is 0.654. The van der Waals surface area contributed by atoms with Gasteiger partial charge in [0.15, 0.2) is 0 Å². The van der Waals surface area contributed by atoms with Crippen molar-refractivity contribution >= 4 is 0 Å². The van der Waals surface area contributed by atoms with Crippen LogP contribution in [0, 0.1) is 5.92 Å². The van der Waals surface area contributed by atoms with E-state index in [1.807, 2.05) is 6.92 Å². The van der Waals surface area contributed by atoms with E-state index in [0.29, 0.717) is 0 Å². The van der Waals surface area contributed by atoms with E-state index in [0.717, 1.165) is 31.8 Å². The van der Waals surface area contributed by atoms with E-state index in [2.05, 4.69) is 4.90 Å². The van der Waals surface area contributed by atoms with Crippen molar-refractivity contribution in [1.29, 1.82) is 0 Å². The number of aliphatic hydroxyl groups excluding tert-OH is 1. The van der Waals surface area contributed by atoms with Crippen LogP contribution in [-0.4, -0.2) is 42.3 Å². The SMILES string of the molecule is CC(O)CCN1CCC(CCN)C1. The third-order valence-corrected chi connectivity index (χ3v) is 2.81. The van der Waals surface area contributed by atoms with Gasteiger partial charge in [0.05, 0.1) is 6.10 Å². The van der Waals surface area contributed by atoms with Gasteiger partial charge in [-0.15, -0.1) is 0 Å². The third-order valence-electron chi connectivity index (χ3n) is 2.81. The minimum absolute atomic E-state index is 0.159. The molecule has 1 saturated heterocycles. The largest absolute Gasteiger partial charge is 0.393 e. The predicted octanol–water partition coefficient (Wildman–Crippen LogP) is 0.428. The molecule has 1 heterocycles. The first-order valence-corrected chi connectivity index (χ1v) is 5.33. The van der Waals surface area contributed by atoms with Crippen molar-refractivity contribution in [3.05, 3.63) is 0 Å². The summed E-state index contributed by atoms with van der Waals surface area (Å²) in [7, 11) is 0. The number of hydrogen-bond acceptors (Lipinski definition) is 3. The molecule has 3 nitrogen and oxygen atoms in total. The fraction of sp³-hybridized carbons (Fsp3) is 1.00. The summed E-state index contributed by atoms with van der Waals surface area (Å²) in [5.74, 6) is 0.805. The first kappa shape index (κ1) is 11.0. The molecule has 78 valence electrons. The van der Waals surface area contributed by atoms with Gasteiger partial charge in [0, 0.05) is 13.1 Å². The van der Waals surface area contributed by atoms with Crippen LogP contribution in [0.15, 0.2) is 0 Å². The van der Waals surface area contributed by atoms with Gasteiger partial charge < -0.3 is 15.7 Å². The van der Waals surface area contributed by atoms with Crippen LogP contribution in [0.25, 0.3) is 0 Å². The monoisotopic (exact) mass is 186 g/mol. The van der Waals surface area contributed by atoms with Gasteiger partial charge in [-0.3, -0.25) is 0 Å². The number of hydrogen-bond donors (Lipinski definition) is 2. The molecule has 1 aliphatic rings. The lowest BCUT2D eigenvalue weighted by molar-refractivity contribution is 0.163. The van der Waals surface area contributed by atoms with E-state index >= 15 is 0 Å². The van der Waals surface area contributed by atoms with E-state index in [-0.39, 0.29) is 6.10 Å². The van der Waals surface area contributed by atoms with Gasteiger partial charge in [-0.1, -0.05) is 0 Å². The Morgan fingerprint density at radius 2 is 2.38 bits per heavy atom. The highest BCUT2D eigenvalue weighted by atomic mass is 16.3. The first-order valence-electron chi connectivity index (χ1n) is 5.33. The zero-order valence-electron chi connectivity index (χ0n) is 8.58. The van der Waals surface area contributed by atoms with Gasteiger partial charge in [0.2, 0.25) is 0 Å². The Balaban J connectivity index is 2.10. The highest BCUT2D eigenvalue weighted by Crippen LogP contribution is 2.18. The molecule has 0 radical (unpaired) electrons. The van der Waals surface area contributed by atoms with Crippen molar-refractivity contribution in [2.24, 2.45) is 11.7 Å². The van der Waals surface area contributed by atoms with E-state index in [4.69, 9.17) is 10.8 Å². The molecule has 13 heavy (non-hydrogen) atoms. The normalized spacial score (nSPS) is 26.5. The maximum Gasteiger partial charge on any atom is 0.0524 e. The number of aliphatic hydroxyl groups is 1. The van der Waals surface area contributed by atoms with Gasteiger partial charge in [0.25, 0.3) is 0 Å². The highest BCUT2D eigenvalue weighted by molar-refractivity contribution is 4.75. The molecule has 0 saturated carbocycles. The van der Waals surface area contributed by atoms with Crippen LogP contribution in [0.5, 0.6) is 0 Å². The van der Waals surface area contributed by atoms with Crippen molar-refractivity contribution in [3.8, 4) is 0 Å². The molecule has 0 aromatic carbocycles. The molecule has 1 fully saturated rings. The molecule has 1 rings (SSSR count). The lowest BCUT2D eigenvalue weighted by Gasteiger charge is -2.16. The Labute approximate surface area is 80.9 Å². The van der Waals surface area contributed by atoms with Gasteiger partial charge in [-0.25, -0.2) is 0 Å². The molecule has 0 aliphatic carbocycles. The summed E-state index contributed by atoms with van der Waals surface area (Å²) >= 11 is 0. The zero-order chi connectivity index (χ0) is 9.68. The maximum absolute atomic E-state index is 9.14. The van der Waals surface area contributed by atoms with E-state index < -0.39 is 0 Å². The minimum Gasteiger partial charge on any atom is -0.393 e. The molecule has 2 unspecified atom stereocenters. The Bertz CT molecular complexity index is 139. The van der Waals surface area contributed by atoms with Crippen molar-refractivity contribution in [3.63, 3.8) is 0 Å². The van der Waals surface area contributed by atoms with Gasteiger partial charge in [-0.2, -0.15) is 0 Å². The molecule has 1 aliphatic heterocycles. The molecule has 3 heteroatoms. The van der Waals surface area contributed by atoms with Gasteiger partial charge in [-0.05, 0) is 45.2 Å². The van der Waals surface area contributed by atoms with Crippen LogP contribution >= 0.6 is 0 Å². The predicted molar refractivity (Wildman–Crippen MR) is 54.5 cm³/mol. The van der Waals surface area contributed by atoms with Crippen LogP contribution in [0.3, 0.4) is 0 Å². The Morgan fingerprint density at radius 1 is 1.62 bits per heavy atom. The van der Waals surface area contributed by atoms with Gasteiger partial charge >= 0.3 is 0 Å². The molecule has 0 aromatic rings. The number of likely N-dealkylation sites (tertiary alicyclic amines) is 1. The average molecular weight is 186 g/mol. The fourth-order valence-corrected chi connectivity index (χ4v) is 1.96. The topological polar surface area (TPSA) is 49.5 Å². The maximum atomic E-state index is 9.14. The van der Waals surface area contributed by atoms with E-state index in [1.165, 1.54) is 19.5 Å². The van der Waals surface area contributed by atoms with Crippen molar-refractivity contribution in [2.75, 3.05) is 26.2 Å².